The molecule has 0 atom stereocenters. The Bertz CT molecular complexity index is 427. The minimum Gasteiger partial charge on any atom is -0.423 e. The van der Waals surface area contributed by atoms with Crippen molar-refractivity contribution in [1.82, 2.24) is 4.90 Å². The lowest BCUT2D eigenvalue weighted by Gasteiger charge is -2.13. The third kappa shape index (κ3) is 2.54. The zero-order valence-corrected chi connectivity index (χ0v) is 9.17. The maximum absolute atomic E-state index is 11.4. The van der Waals surface area contributed by atoms with Crippen molar-refractivity contribution in [2.24, 2.45) is 0 Å². The molecule has 6 heteroatoms. The van der Waals surface area contributed by atoms with E-state index in [4.69, 9.17) is 10.0 Å². The zero-order valence-electron chi connectivity index (χ0n) is 9.17. The van der Waals surface area contributed by atoms with Crippen LogP contribution in [0.25, 0.3) is 0 Å². The Labute approximate surface area is 98.8 Å². The number of likely N-dealkylation sites (tertiary alicyclic amines) is 1. The molecule has 1 aliphatic rings. The number of benzene rings is 1. The molecule has 88 valence electrons. The molecule has 1 heterocycles. The highest BCUT2D eigenvalue weighted by molar-refractivity contribution is 6.58. The molecule has 1 saturated heterocycles. The van der Waals surface area contributed by atoms with Crippen molar-refractivity contribution in [1.29, 1.82) is 0 Å². The third-order valence-corrected chi connectivity index (χ3v) is 2.77. The van der Waals surface area contributed by atoms with Gasteiger partial charge in [-0.3, -0.25) is 14.5 Å². The first-order chi connectivity index (χ1) is 8.08. The Morgan fingerprint density at radius 1 is 1.06 bits per heavy atom. The van der Waals surface area contributed by atoms with E-state index < -0.39 is 7.12 Å². The Morgan fingerprint density at radius 3 is 2.06 bits per heavy atom. The molecule has 0 aromatic heterocycles. The van der Waals surface area contributed by atoms with Gasteiger partial charge in [0.1, 0.15) is 0 Å². The second kappa shape index (κ2) is 4.69. The van der Waals surface area contributed by atoms with Crippen LogP contribution in [0.2, 0.25) is 0 Å². The highest BCUT2D eigenvalue weighted by Crippen LogP contribution is 2.15. The first-order valence-electron chi connectivity index (χ1n) is 5.36. The molecular weight excluding hydrogens is 221 g/mol. The quantitative estimate of drug-likeness (QED) is 0.519. The van der Waals surface area contributed by atoms with E-state index in [1.165, 1.54) is 4.90 Å². The fourth-order valence-electron chi connectivity index (χ4n) is 1.78. The van der Waals surface area contributed by atoms with Crippen molar-refractivity contribution >= 4 is 24.4 Å². The Balaban J connectivity index is 2.08. The first-order valence-corrected chi connectivity index (χ1v) is 5.36. The normalized spacial score (nSPS) is 15.5. The third-order valence-electron chi connectivity index (χ3n) is 2.77. The molecule has 1 fully saturated rings. The van der Waals surface area contributed by atoms with Crippen molar-refractivity contribution in [2.75, 3.05) is 0 Å². The largest absolute Gasteiger partial charge is 0.488 e. The van der Waals surface area contributed by atoms with Crippen LogP contribution in [-0.2, 0) is 16.1 Å². The summed E-state index contributed by atoms with van der Waals surface area (Å²) in [6, 6.07) is 6.47. The lowest BCUT2D eigenvalue weighted by molar-refractivity contribution is -0.139. The maximum atomic E-state index is 11.4. The molecule has 2 amide bonds. The predicted octanol–water partition coefficient (Wildman–Crippen LogP) is -0.985. The number of hydrogen-bond donors (Lipinski definition) is 2. The summed E-state index contributed by atoms with van der Waals surface area (Å²) in [6.45, 7) is 0.249. The van der Waals surface area contributed by atoms with E-state index in [1.807, 2.05) is 0 Å². The number of imide groups is 1. The number of amides is 2. The molecule has 0 bridgehead atoms. The summed E-state index contributed by atoms with van der Waals surface area (Å²) in [6.07, 6.45) is 0.568. The van der Waals surface area contributed by atoms with Gasteiger partial charge in [-0.25, -0.2) is 0 Å². The lowest BCUT2D eigenvalue weighted by Crippen LogP contribution is -2.31. The van der Waals surface area contributed by atoms with Crippen molar-refractivity contribution < 1.29 is 19.6 Å². The monoisotopic (exact) mass is 233 g/mol. The second-order valence-corrected chi connectivity index (χ2v) is 3.99. The standard InChI is InChI=1S/C11H12BNO4/c14-10-5-6-11(15)13(10)7-8-1-3-9(4-2-8)12(16)17/h1-4,16-17H,5-7H2. The summed E-state index contributed by atoms with van der Waals surface area (Å²) in [5, 5.41) is 17.8. The summed E-state index contributed by atoms with van der Waals surface area (Å²) in [5.41, 5.74) is 1.17. The van der Waals surface area contributed by atoms with Gasteiger partial charge < -0.3 is 10.0 Å². The summed E-state index contributed by atoms with van der Waals surface area (Å²) in [4.78, 5) is 24.0. The molecule has 0 saturated carbocycles. The molecule has 5 nitrogen and oxygen atoms in total. The van der Waals surface area contributed by atoms with Crippen LogP contribution in [-0.4, -0.2) is 33.9 Å². The van der Waals surface area contributed by atoms with Gasteiger partial charge in [-0.05, 0) is 11.0 Å². The van der Waals surface area contributed by atoms with E-state index in [-0.39, 0.29) is 31.2 Å². The van der Waals surface area contributed by atoms with Crippen LogP contribution in [0.15, 0.2) is 24.3 Å². The highest BCUT2D eigenvalue weighted by atomic mass is 16.4. The second-order valence-electron chi connectivity index (χ2n) is 3.99. The smallest absolute Gasteiger partial charge is 0.423 e. The molecule has 17 heavy (non-hydrogen) atoms. The van der Waals surface area contributed by atoms with E-state index in [9.17, 15) is 9.59 Å². The summed E-state index contributed by atoms with van der Waals surface area (Å²) in [5.74, 6) is -0.303. The van der Waals surface area contributed by atoms with Crippen LogP contribution < -0.4 is 5.46 Å². The molecule has 0 unspecified atom stereocenters. The minimum absolute atomic E-state index is 0.152. The van der Waals surface area contributed by atoms with Gasteiger partial charge in [0.2, 0.25) is 11.8 Å². The number of carbonyl (C=O) groups is 2. The highest BCUT2D eigenvalue weighted by Gasteiger charge is 2.28. The van der Waals surface area contributed by atoms with Gasteiger partial charge in [0, 0.05) is 12.8 Å². The van der Waals surface area contributed by atoms with Gasteiger partial charge in [0.05, 0.1) is 6.54 Å². The molecule has 2 rings (SSSR count). The van der Waals surface area contributed by atoms with E-state index in [2.05, 4.69) is 0 Å². The zero-order chi connectivity index (χ0) is 12.4. The molecule has 2 N–H and O–H groups in total. The summed E-state index contributed by atoms with van der Waals surface area (Å²) < 4.78 is 0. The average molecular weight is 233 g/mol. The van der Waals surface area contributed by atoms with Crippen molar-refractivity contribution in [2.45, 2.75) is 19.4 Å². The lowest BCUT2D eigenvalue weighted by atomic mass is 9.80. The Kier molecular flexibility index (Phi) is 3.26. The van der Waals surface area contributed by atoms with Crippen LogP contribution in [0.3, 0.4) is 0 Å². The molecule has 0 spiro atoms. The van der Waals surface area contributed by atoms with Crippen molar-refractivity contribution in [3.63, 3.8) is 0 Å². The topological polar surface area (TPSA) is 77.8 Å². The summed E-state index contributed by atoms with van der Waals surface area (Å²) >= 11 is 0. The van der Waals surface area contributed by atoms with E-state index >= 15 is 0 Å². The van der Waals surface area contributed by atoms with Crippen LogP contribution in [0, 0.1) is 0 Å². The summed E-state index contributed by atoms with van der Waals surface area (Å²) in [7, 11) is -1.50. The predicted molar refractivity (Wildman–Crippen MR) is 61.1 cm³/mol. The van der Waals surface area contributed by atoms with Gasteiger partial charge in [-0.15, -0.1) is 0 Å². The average Bonchev–Trinajstić information content (AvgIpc) is 2.61. The molecule has 1 aliphatic heterocycles. The molecular formula is C11H12BNO4. The van der Waals surface area contributed by atoms with Crippen LogP contribution in [0.5, 0.6) is 0 Å². The van der Waals surface area contributed by atoms with Crippen molar-refractivity contribution in [3.05, 3.63) is 29.8 Å². The van der Waals surface area contributed by atoms with Gasteiger partial charge in [-0.2, -0.15) is 0 Å². The molecule has 1 aromatic rings. The fourth-order valence-corrected chi connectivity index (χ4v) is 1.78. The van der Waals surface area contributed by atoms with Gasteiger partial charge in [-0.1, -0.05) is 24.3 Å². The Morgan fingerprint density at radius 2 is 1.59 bits per heavy atom. The van der Waals surface area contributed by atoms with E-state index in [1.54, 1.807) is 24.3 Å². The van der Waals surface area contributed by atoms with Crippen LogP contribution in [0.4, 0.5) is 0 Å². The van der Waals surface area contributed by atoms with E-state index in [0.29, 0.717) is 5.46 Å². The van der Waals surface area contributed by atoms with Crippen LogP contribution in [0.1, 0.15) is 18.4 Å². The number of hydrogen-bond acceptors (Lipinski definition) is 4. The number of carbonyl (C=O) groups excluding carboxylic acids is 2. The van der Waals surface area contributed by atoms with Gasteiger partial charge in [0.25, 0.3) is 0 Å². The molecule has 0 radical (unpaired) electrons. The first kappa shape index (κ1) is 11.8. The fraction of sp³-hybridized carbons (Fsp3) is 0.273. The number of rotatable bonds is 3. The van der Waals surface area contributed by atoms with Crippen molar-refractivity contribution in [3.8, 4) is 0 Å². The number of nitrogens with zero attached hydrogens (tertiary/aromatic N) is 1. The SMILES string of the molecule is O=C1CCC(=O)N1Cc1ccc(B(O)O)cc1. The van der Waals surface area contributed by atoms with Gasteiger partial charge in [0.15, 0.2) is 0 Å². The van der Waals surface area contributed by atoms with E-state index in [0.717, 1.165) is 5.56 Å². The molecule has 0 aliphatic carbocycles. The molecule has 1 aromatic carbocycles. The Hall–Kier alpha value is -1.66. The van der Waals surface area contributed by atoms with Crippen LogP contribution >= 0.6 is 0 Å². The minimum atomic E-state index is -1.50. The van der Waals surface area contributed by atoms with Gasteiger partial charge >= 0.3 is 7.12 Å². The maximum Gasteiger partial charge on any atom is 0.488 e.